The monoisotopic (exact) mass is 304 g/mol. The molecule has 0 fully saturated rings. The summed E-state index contributed by atoms with van der Waals surface area (Å²) in [6.45, 7) is 0.710. The third-order valence-electron chi connectivity index (χ3n) is 2.79. The average molecular weight is 304 g/mol. The molecule has 1 N–H and O–H groups in total. The van der Waals surface area contributed by atoms with Gasteiger partial charge in [0.25, 0.3) is 0 Å². The number of nitrogens with zero attached hydrogens (tertiary/aromatic N) is 1. The first kappa shape index (κ1) is 13.4. The van der Waals surface area contributed by atoms with E-state index in [-0.39, 0.29) is 5.82 Å². The van der Waals surface area contributed by atoms with E-state index in [0.717, 1.165) is 15.6 Å². The molecule has 0 spiro atoms. The van der Waals surface area contributed by atoms with E-state index in [4.69, 9.17) is 0 Å². The number of rotatable bonds is 5. The Morgan fingerprint density at radius 3 is 2.75 bits per heavy atom. The Bertz CT molecular complexity index is 679. The summed E-state index contributed by atoms with van der Waals surface area (Å²) in [4.78, 5) is 4.55. The summed E-state index contributed by atoms with van der Waals surface area (Å²) in [5.41, 5.74) is 1.60. The second-order valence-corrected chi connectivity index (χ2v) is 6.58. The third-order valence-corrected chi connectivity index (χ3v) is 4.97. The Morgan fingerprint density at radius 1 is 1.10 bits per heavy atom. The van der Waals surface area contributed by atoms with Crippen LogP contribution in [-0.2, 0) is 0 Å². The molecule has 0 radical (unpaired) electrons. The van der Waals surface area contributed by atoms with Crippen molar-refractivity contribution in [2.75, 3.05) is 17.6 Å². The van der Waals surface area contributed by atoms with Crippen LogP contribution in [0.4, 0.5) is 10.1 Å². The average Bonchev–Trinajstić information content (AvgIpc) is 2.88. The number of aromatic nitrogens is 1. The van der Waals surface area contributed by atoms with Gasteiger partial charge in [-0.1, -0.05) is 36.0 Å². The summed E-state index contributed by atoms with van der Waals surface area (Å²) in [6.07, 6.45) is 0. The molecule has 0 aliphatic heterocycles. The molecule has 0 aliphatic carbocycles. The molecule has 0 unspecified atom stereocenters. The number of nitrogens with one attached hydrogen (secondary N) is 1. The third kappa shape index (κ3) is 3.11. The molecule has 0 saturated heterocycles. The van der Waals surface area contributed by atoms with Gasteiger partial charge in [0.05, 0.1) is 15.9 Å². The largest absolute Gasteiger partial charge is 0.382 e. The van der Waals surface area contributed by atoms with Gasteiger partial charge < -0.3 is 5.32 Å². The number of fused-ring (bicyclic) bond motifs is 1. The van der Waals surface area contributed by atoms with Crippen LogP contribution in [0.15, 0.2) is 52.9 Å². The minimum Gasteiger partial charge on any atom is -0.382 e. The van der Waals surface area contributed by atoms with Gasteiger partial charge in [-0.2, -0.15) is 0 Å². The van der Waals surface area contributed by atoms with Crippen molar-refractivity contribution in [3.8, 4) is 0 Å². The molecule has 5 heteroatoms. The highest BCUT2D eigenvalue weighted by molar-refractivity contribution is 8.01. The summed E-state index contributed by atoms with van der Waals surface area (Å²) in [6, 6.07) is 14.8. The molecule has 1 aromatic heterocycles. The molecule has 0 saturated carbocycles. The van der Waals surface area contributed by atoms with Crippen LogP contribution < -0.4 is 5.32 Å². The van der Waals surface area contributed by atoms with Gasteiger partial charge in [-0.15, -0.1) is 11.3 Å². The zero-order valence-electron chi connectivity index (χ0n) is 10.7. The number of benzene rings is 2. The summed E-state index contributed by atoms with van der Waals surface area (Å²) in [5, 5.41) is 3.10. The molecule has 2 aromatic carbocycles. The van der Waals surface area contributed by atoms with Gasteiger partial charge in [0.1, 0.15) is 5.82 Å². The highest BCUT2D eigenvalue weighted by atomic mass is 32.2. The van der Waals surface area contributed by atoms with Gasteiger partial charge in [-0.05, 0) is 24.3 Å². The van der Waals surface area contributed by atoms with Gasteiger partial charge in [-0.25, -0.2) is 9.37 Å². The number of para-hydroxylation sites is 2. The van der Waals surface area contributed by atoms with E-state index >= 15 is 0 Å². The lowest BCUT2D eigenvalue weighted by Gasteiger charge is -2.05. The van der Waals surface area contributed by atoms with E-state index in [2.05, 4.69) is 16.4 Å². The Balaban J connectivity index is 1.54. The van der Waals surface area contributed by atoms with Crippen LogP contribution >= 0.6 is 23.1 Å². The van der Waals surface area contributed by atoms with Crippen molar-refractivity contribution in [3.63, 3.8) is 0 Å². The van der Waals surface area contributed by atoms with Gasteiger partial charge in [-0.3, -0.25) is 0 Å². The summed E-state index contributed by atoms with van der Waals surface area (Å²) in [5.74, 6) is 0.645. The lowest BCUT2D eigenvalue weighted by Crippen LogP contribution is -2.05. The topological polar surface area (TPSA) is 24.9 Å². The van der Waals surface area contributed by atoms with Crippen LogP contribution in [0, 0.1) is 5.82 Å². The maximum atomic E-state index is 13.4. The molecule has 2 nitrogen and oxygen atoms in total. The fourth-order valence-corrected chi connectivity index (χ4v) is 3.84. The zero-order chi connectivity index (χ0) is 13.8. The molecule has 0 atom stereocenters. The molecule has 3 aromatic rings. The first-order valence-corrected chi connectivity index (χ1v) is 8.10. The molecular weight excluding hydrogens is 291 g/mol. The molecule has 0 amide bonds. The number of hydrogen-bond acceptors (Lipinski definition) is 4. The Hall–Kier alpha value is -1.59. The van der Waals surface area contributed by atoms with E-state index in [1.165, 1.54) is 10.8 Å². The zero-order valence-corrected chi connectivity index (χ0v) is 12.3. The SMILES string of the molecule is Fc1ccccc1NCCSc1nc2ccccc2s1. The highest BCUT2D eigenvalue weighted by Gasteiger charge is 2.04. The Morgan fingerprint density at radius 2 is 1.90 bits per heavy atom. The Kier molecular flexibility index (Phi) is 4.18. The van der Waals surface area contributed by atoms with Crippen LogP contribution in [0.5, 0.6) is 0 Å². The number of hydrogen-bond donors (Lipinski definition) is 1. The van der Waals surface area contributed by atoms with Crippen LogP contribution in [-0.4, -0.2) is 17.3 Å². The van der Waals surface area contributed by atoms with Crippen molar-refractivity contribution >= 4 is 39.0 Å². The quantitative estimate of drug-likeness (QED) is 0.549. The lowest BCUT2D eigenvalue weighted by atomic mass is 10.3. The van der Waals surface area contributed by atoms with Gasteiger partial charge >= 0.3 is 0 Å². The fraction of sp³-hybridized carbons (Fsp3) is 0.133. The first-order chi connectivity index (χ1) is 9.83. The smallest absolute Gasteiger partial charge is 0.151 e. The van der Waals surface area contributed by atoms with Crippen molar-refractivity contribution < 1.29 is 4.39 Å². The van der Waals surface area contributed by atoms with Gasteiger partial charge in [0.2, 0.25) is 0 Å². The lowest BCUT2D eigenvalue weighted by molar-refractivity contribution is 0.630. The first-order valence-electron chi connectivity index (χ1n) is 6.30. The molecule has 0 aliphatic rings. The molecule has 102 valence electrons. The predicted molar refractivity (Wildman–Crippen MR) is 85.2 cm³/mol. The van der Waals surface area contributed by atoms with Crippen LogP contribution in [0.3, 0.4) is 0 Å². The summed E-state index contributed by atoms with van der Waals surface area (Å²) < 4.78 is 15.7. The van der Waals surface area contributed by atoms with E-state index in [1.807, 2.05) is 24.3 Å². The van der Waals surface area contributed by atoms with Crippen molar-refractivity contribution in [1.82, 2.24) is 4.98 Å². The normalized spacial score (nSPS) is 10.8. The maximum absolute atomic E-state index is 13.4. The number of thiazole rings is 1. The van der Waals surface area contributed by atoms with Crippen LogP contribution in [0.1, 0.15) is 0 Å². The molecule has 1 heterocycles. The second-order valence-electron chi connectivity index (χ2n) is 4.20. The molecule has 20 heavy (non-hydrogen) atoms. The van der Waals surface area contributed by atoms with Crippen molar-refractivity contribution in [1.29, 1.82) is 0 Å². The number of anilines is 1. The predicted octanol–water partition coefficient (Wildman–Crippen LogP) is 4.64. The van der Waals surface area contributed by atoms with Gasteiger partial charge in [0.15, 0.2) is 4.34 Å². The minimum atomic E-state index is -0.211. The van der Waals surface area contributed by atoms with Crippen molar-refractivity contribution in [2.24, 2.45) is 0 Å². The molecule has 3 rings (SSSR count). The van der Waals surface area contributed by atoms with Crippen molar-refractivity contribution in [2.45, 2.75) is 4.34 Å². The van der Waals surface area contributed by atoms with E-state index in [1.54, 1.807) is 35.2 Å². The van der Waals surface area contributed by atoms with Crippen LogP contribution in [0.2, 0.25) is 0 Å². The van der Waals surface area contributed by atoms with Crippen LogP contribution in [0.25, 0.3) is 10.2 Å². The van der Waals surface area contributed by atoms with E-state index < -0.39 is 0 Å². The van der Waals surface area contributed by atoms with Gasteiger partial charge in [0, 0.05) is 12.3 Å². The fourth-order valence-electron chi connectivity index (χ4n) is 1.84. The summed E-state index contributed by atoms with van der Waals surface area (Å²) >= 11 is 3.39. The second kappa shape index (κ2) is 6.24. The van der Waals surface area contributed by atoms with E-state index in [9.17, 15) is 4.39 Å². The Labute approximate surface area is 125 Å². The number of halogens is 1. The summed E-state index contributed by atoms with van der Waals surface area (Å²) in [7, 11) is 0. The molecule has 0 bridgehead atoms. The maximum Gasteiger partial charge on any atom is 0.151 e. The van der Waals surface area contributed by atoms with Crippen molar-refractivity contribution in [3.05, 3.63) is 54.3 Å². The highest BCUT2D eigenvalue weighted by Crippen LogP contribution is 2.29. The number of thioether (sulfide) groups is 1. The minimum absolute atomic E-state index is 0.211. The standard InChI is InChI=1S/C15H13FN2S2/c16-11-5-1-2-6-12(11)17-9-10-19-15-18-13-7-3-4-8-14(13)20-15/h1-8,17H,9-10H2. The van der Waals surface area contributed by atoms with E-state index in [0.29, 0.717) is 12.2 Å². The molecular formula is C15H13FN2S2.